The van der Waals surface area contributed by atoms with Crippen LogP contribution in [0.2, 0.25) is 0 Å². The van der Waals surface area contributed by atoms with Crippen molar-refractivity contribution in [3.63, 3.8) is 0 Å². The van der Waals surface area contributed by atoms with Crippen LogP contribution in [0.5, 0.6) is 0 Å². The van der Waals surface area contributed by atoms with Gasteiger partial charge >= 0.3 is 0 Å². The Morgan fingerprint density at radius 1 is 1.03 bits per heavy atom. The van der Waals surface area contributed by atoms with E-state index >= 15 is 0 Å². The fraction of sp³-hybridized carbons (Fsp3) is 0.241. The Balaban J connectivity index is 0.00000456. The van der Waals surface area contributed by atoms with Gasteiger partial charge in [0.25, 0.3) is 0 Å². The van der Waals surface area contributed by atoms with Crippen molar-refractivity contribution in [1.82, 2.24) is 0 Å². The largest absolute Gasteiger partial charge is 0.384 e. The maximum absolute atomic E-state index is 12.9. The van der Waals surface area contributed by atoms with Gasteiger partial charge in [0.1, 0.15) is 5.84 Å². The van der Waals surface area contributed by atoms with Gasteiger partial charge < -0.3 is 20.7 Å². The Labute approximate surface area is 220 Å². The van der Waals surface area contributed by atoms with Gasteiger partial charge in [0.05, 0.1) is 19.8 Å². The Bertz CT molecular complexity index is 1130. The quantitative estimate of drug-likeness (QED) is 0.126. The zero-order valence-corrected chi connectivity index (χ0v) is 21.6. The molecule has 4 N–H and O–H groups in total. The molecule has 0 heterocycles. The first-order chi connectivity index (χ1) is 16.9. The molecule has 3 aromatic rings. The van der Waals surface area contributed by atoms with Gasteiger partial charge in [0, 0.05) is 23.5 Å². The summed E-state index contributed by atoms with van der Waals surface area (Å²) in [6.45, 7) is 5.97. The molecular formula is C29H35ClN4O2. The van der Waals surface area contributed by atoms with E-state index in [1.807, 2.05) is 89.8 Å². The number of amidine groups is 1. The third kappa shape index (κ3) is 9.21. The number of nitrogen functional groups attached to an aromatic ring is 1. The molecule has 0 fully saturated rings. The van der Waals surface area contributed by atoms with Crippen molar-refractivity contribution in [3.8, 4) is 0 Å². The number of nitrogens with zero attached hydrogens (tertiary/aromatic N) is 1. The molecular weight excluding hydrogens is 472 g/mol. The summed E-state index contributed by atoms with van der Waals surface area (Å²) < 4.78 is 5.71. The van der Waals surface area contributed by atoms with E-state index in [0.717, 1.165) is 16.9 Å². The average Bonchev–Trinajstić information content (AvgIpc) is 2.86. The van der Waals surface area contributed by atoms with Crippen LogP contribution < -0.4 is 16.0 Å². The number of ether oxygens (including phenoxy) is 1. The minimum atomic E-state index is -0.121. The molecule has 6 nitrogen and oxygen atoms in total. The maximum atomic E-state index is 12.9. The highest BCUT2D eigenvalue weighted by molar-refractivity contribution is 5.97. The van der Waals surface area contributed by atoms with Crippen LogP contribution in [0.3, 0.4) is 0 Å². The predicted molar refractivity (Wildman–Crippen MR) is 151 cm³/mol. The van der Waals surface area contributed by atoms with E-state index in [0.29, 0.717) is 31.2 Å². The third-order valence-corrected chi connectivity index (χ3v) is 5.54. The Hall–Kier alpha value is -3.61. The van der Waals surface area contributed by atoms with Gasteiger partial charge in [-0.25, -0.2) is 0 Å². The number of hydrogen-bond acceptors (Lipinski definition) is 4. The molecule has 0 spiro atoms. The minimum absolute atomic E-state index is 0. The average molecular weight is 507 g/mol. The molecule has 1 amide bonds. The van der Waals surface area contributed by atoms with Crippen molar-refractivity contribution in [1.29, 1.82) is 5.41 Å². The van der Waals surface area contributed by atoms with Crippen LogP contribution in [0.4, 0.5) is 11.4 Å². The summed E-state index contributed by atoms with van der Waals surface area (Å²) >= 11 is 0. The summed E-state index contributed by atoms with van der Waals surface area (Å²) in [5.74, 6) is 0.308. The molecule has 0 aliphatic carbocycles. The number of nitrogens with two attached hydrogens (primary N) is 1. The molecule has 0 atom stereocenters. The molecule has 190 valence electrons. The molecule has 0 saturated carbocycles. The number of halogens is 1. The number of amides is 1. The Morgan fingerprint density at radius 3 is 2.42 bits per heavy atom. The zero-order valence-electron chi connectivity index (χ0n) is 20.8. The van der Waals surface area contributed by atoms with Crippen molar-refractivity contribution < 1.29 is 9.53 Å². The van der Waals surface area contributed by atoms with E-state index in [1.54, 1.807) is 6.07 Å². The highest BCUT2D eigenvalue weighted by Gasteiger charge is 2.12. The van der Waals surface area contributed by atoms with Crippen molar-refractivity contribution >= 4 is 35.5 Å². The molecule has 0 aliphatic rings. The molecule has 7 heteroatoms. The standard InChI is InChI=1S/C29H34N4O2.ClH/c1-22(2)24-13-15-26(16-14-24)32-28(34)20-33(27-12-8-11-25(19-27)29(30)31)17-6-7-18-35-21-23-9-4-3-5-10-23;/h3-16,19,22H,17-18,20-21H2,1-2H3,(H3,30,31)(H,32,34);1H/b7-6+;. The van der Waals surface area contributed by atoms with E-state index in [4.69, 9.17) is 15.9 Å². The molecule has 0 radical (unpaired) electrons. The smallest absolute Gasteiger partial charge is 0.243 e. The SMILES string of the molecule is CC(C)c1ccc(NC(=O)CN(C/C=C/COCc2ccccc2)c2cccc(C(=N)N)c2)cc1.Cl. The lowest BCUT2D eigenvalue weighted by Crippen LogP contribution is -2.33. The molecule has 0 bridgehead atoms. The van der Waals surface area contributed by atoms with Crippen molar-refractivity contribution in [3.05, 3.63) is 108 Å². The van der Waals surface area contributed by atoms with Gasteiger partial charge in [0.15, 0.2) is 0 Å². The summed E-state index contributed by atoms with van der Waals surface area (Å²) in [7, 11) is 0. The van der Waals surface area contributed by atoms with Crippen LogP contribution in [-0.4, -0.2) is 31.4 Å². The first-order valence-electron chi connectivity index (χ1n) is 11.8. The summed E-state index contributed by atoms with van der Waals surface area (Å²) in [6.07, 6.45) is 3.93. The number of nitrogens with one attached hydrogen (secondary N) is 2. The second-order valence-corrected chi connectivity index (χ2v) is 8.64. The Kier molecular flexibility index (Phi) is 11.7. The summed E-state index contributed by atoms with van der Waals surface area (Å²) in [4.78, 5) is 14.8. The van der Waals surface area contributed by atoms with Crippen molar-refractivity contribution in [2.45, 2.75) is 26.4 Å². The highest BCUT2D eigenvalue weighted by Crippen LogP contribution is 2.19. The van der Waals surface area contributed by atoms with Crippen LogP contribution in [0, 0.1) is 5.41 Å². The second-order valence-electron chi connectivity index (χ2n) is 8.64. The van der Waals surface area contributed by atoms with E-state index < -0.39 is 0 Å². The molecule has 3 aromatic carbocycles. The fourth-order valence-electron chi connectivity index (χ4n) is 3.55. The van der Waals surface area contributed by atoms with Crippen LogP contribution in [0.25, 0.3) is 0 Å². The zero-order chi connectivity index (χ0) is 25.0. The normalized spacial score (nSPS) is 10.8. The second kappa shape index (κ2) is 14.7. The molecule has 0 saturated heterocycles. The number of carbonyl (C=O) groups is 1. The first-order valence-corrected chi connectivity index (χ1v) is 11.8. The lowest BCUT2D eigenvalue weighted by atomic mass is 10.0. The van der Waals surface area contributed by atoms with E-state index in [9.17, 15) is 4.79 Å². The first kappa shape index (κ1) is 28.6. The highest BCUT2D eigenvalue weighted by atomic mass is 35.5. The predicted octanol–water partition coefficient (Wildman–Crippen LogP) is 5.73. The molecule has 3 rings (SSSR count). The van der Waals surface area contributed by atoms with Crippen molar-refractivity contribution in [2.75, 3.05) is 29.9 Å². The van der Waals surface area contributed by atoms with E-state index in [2.05, 4.69) is 19.2 Å². The lowest BCUT2D eigenvalue weighted by Gasteiger charge is -2.23. The van der Waals surface area contributed by atoms with Crippen LogP contribution in [0.15, 0.2) is 91.0 Å². The number of carbonyl (C=O) groups excluding carboxylic acids is 1. The lowest BCUT2D eigenvalue weighted by molar-refractivity contribution is -0.115. The summed E-state index contributed by atoms with van der Waals surface area (Å²) in [6, 6.07) is 25.3. The number of rotatable bonds is 12. The molecule has 0 unspecified atom stereocenters. The van der Waals surface area contributed by atoms with Crippen LogP contribution in [-0.2, 0) is 16.1 Å². The number of hydrogen-bond donors (Lipinski definition) is 3. The molecule has 0 aliphatic heterocycles. The third-order valence-electron chi connectivity index (χ3n) is 5.54. The fourth-order valence-corrected chi connectivity index (χ4v) is 3.55. The monoisotopic (exact) mass is 506 g/mol. The van der Waals surface area contributed by atoms with Crippen molar-refractivity contribution in [2.24, 2.45) is 5.73 Å². The summed E-state index contributed by atoms with van der Waals surface area (Å²) in [5, 5.41) is 10.7. The van der Waals surface area contributed by atoms with Crippen LogP contribution in [0.1, 0.15) is 36.5 Å². The van der Waals surface area contributed by atoms with Gasteiger partial charge in [-0.15, -0.1) is 12.4 Å². The van der Waals surface area contributed by atoms with Gasteiger partial charge in [-0.2, -0.15) is 0 Å². The van der Waals surface area contributed by atoms with Gasteiger partial charge in [-0.05, 0) is 41.3 Å². The van der Waals surface area contributed by atoms with Gasteiger partial charge in [-0.1, -0.05) is 80.6 Å². The number of anilines is 2. The van der Waals surface area contributed by atoms with Crippen LogP contribution >= 0.6 is 12.4 Å². The molecule has 36 heavy (non-hydrogen) atoms. The van der Waals surface area contributed by atoms with E-state index in [-0.39, 0.29) is 30.7 Å². The molecule has 0 aromatic heterocycles. The van der Waals surface area contributed by atoms with Gasteiger partial charge in [0.2, 0.25) is 5.91 Å². The summed E-state index contributed by atoms with van der Waals surface area (Å²) in [5.41, 5.74) is 10.2. The topological polar surface area (TPSA) is 91.4 Å². The maximum Gasteiger partial charge on any atom is 0.243 e. The minimum Gasteiger partial charge on any atom is -0.384 e. The number of benzene rings is 3. The Morgan fingerprint density at radius 2 is 1.75 bits per heavy atom. The van der Waals surface area contributed by atoms with E-state index in [1.165, 1.54) is 5.56 Å². The van der Waals surface area contributed by atoms with Gasteiger partial charge in [-0.3, -0.25) is 10.2 Å².